The number of hydrogen-bond donors (Lipinski definition) is 1. The zero-order valence-electron chi connectivity index (χ0n) is 23.8. The highest BCUT2D eigenvalue weighted by molar-refractivity contribution is 6.05. The number of nitrogens with zero attached hydrogens (tertiary/aromatic N) is 4. The van der Waals surface area contributed by atoms with Gasteiger partial charge < -0.3 is 19.3 Å². The number of rotatable bonds is 7. The number of benzene rings is 2. The average Bonchev–Trinajstić information content (AvgIpc) is 3.72. The van der Waals surface area contributed by atoms with Gasteiger partial charge in [0.2, 0.25) is 11.8 Å². The van der Waals surface area contributed by atoms with Gasteiger partial charge in [-0.2, -0.15) is 0 Å². The molecule has 3 atom stereocenters. The third-order valence-corrected chi connectivity index (χ3v) is 8.97. The number of likely N-dealkylation sites (tertiary alicyclic amines) is 1. The number of imide groups is 1. The molecule has 42 heavy (non-hydrogen) atoms. The van der Waals surface area contributed by atoms with E-state index in [2.05, 4.69) is 45.4 Å². The van der Waals surface area contributed by atoms with Gasteiger partial charge in [-0.1, -0.05) is 6.07 Å². The van der Waals surface area contributed by atoms with Crippen LogP contribution >= 0.6 is 0 Å². The first kappa shape index (κ1) is 26.9. The normalized spacial score (nSPS) is 24.5. The molecular formula is C32H35N5O5. The Balaban J connectivity index is 0.954. The maximum Gasteiger partial charge on any atom is 0.255 e. The molecule has 5 heterocycles. The summed E-state index contributed by atoms with van der Waals surface area (Å²) in [5, 5.41) is 3.49. The molecule has 0 spiro atoms. The third kappa shape index (κ3) is 5.20. The Kier molecular flexibility index (Phi) is 7.03. The fourth-order valence-corrected chi connectivity index (χ4v) is 6.68. The number of pyridine rings is 1. The van der Waals surface area contributed by atoms with E-state index in [1.807, 2.05) is 12.1 Å². The van der Waals surface area contributed by atoms with Gasteiger partial charge in [0.05, 0.1) is 11.6 Å². The van der Waals surface area contributed by atoms with Gasteiger partial charge in [-0.15, -0.1) is 0 Å². The predicted molar refractivity (Wildman–Crippen MR) is 156 cm³/mol. The number of ether oxygens (including phenoxy) is 2. The maximum atomic E-state index is 13.0. The second-order valence-corrected chi connectivity index (χ2v) is 11.8. The monoisotopic (exact) mass is 569 g/mol. The summed E-state index contributed by atoms with van der Waals surface area (Å²) in [6, 6.07) is 15.7. The predicted octanol–water partition coefficient (Wildman–Crippen LogP) is 2.87. The van der Waals surface area contributed by atoms with Crippen LogP contribution in [0.3, 0.4) is 0 Å². The molecule has 10 heteroatoms. The van der Waals surface area contributed by atoms with Crippen LogP contribution in [0.2, 0.25) is 0 Å². The van der Waals surface area contributed by atoms with Gasteiger partial charge in [-0.3, -0.25) is 24.6 Å². The maximum absolute atomic E-state index is 13.0. The van der Waals surface area contributed by atoms with E-state index < -0.39 is 11.9 Å². The first-order valence-corrected chi connectivity index (χ1v) is 14.8. The van der Waals surface area contributed by atoms with Crippen molar-refractivity contribution in [2.24, 2.45) is 0 Å². The van der Waals surface area contributed by atoms with Gasteiger partial charge in [0.1, 0.15) is 23.7 Å². The van der Waals surface area contributed by atoms with Crippen LogP contribution in [0.4, 0.5) is 5.82 Å². The first-order chi connectivity index (χ1) is 20.4. The van der Waals surface area contributed by atoms with Crippen LogP contribution in [-0.2, 0) is 27.4 Å². The zero-order valence-corrected chi connectivity index (χ0v) is 23.8. The summed E-state index contributed by atoms with van der Waals surface area (Å²) in [7, 11) is 1.77. The molecule has 1 unspecified atom stereocenters. The number of fused-ring (bicyclic) bond motifs is 2. The van der Waals surface area contributed by atoms with Crippen LogP contribution in [0.1, 0.15) is 47.2 Å². The van der Waals surface area contributed by atoms with Crippen LogP contribution in [0.25, 0.3) is 10.9 Å². The van der Waals surface area contributed by atoms with E-state index >= 15 is 0 Å². The molecular weight excluding hydrogens is 534 g/mol. The van der Waals surface area contributed by atoms with Gasteiger partial charge >= 0.3 is 0 Å². The van der Waals surface area contributed by atoms with Crippen molar-refractivity contribution >= 4 is 34.4 Å². The van der Waals surface area contributed by atoms with E-state index in [1.165, 1.54) is 5.56 Å². The molecule has 1 aromatic heterocycles. The highest BCUT2D eigenvalue weighted by Crippen LogP contribution is 2.31. The molecule has 218 valence electrons. The Bertz CT molecular complexity index is 1560. The number of amides is 3. The molecule has 4 aliphatic rings. The molecule has 3 fully saturated rings. The molecule has 0 aliphatic carbocycles. The number of carbonyl (C=O) groups excluding carboxylic acids is 3. The van der Waals surface area contributed by atoms with Crippen LogP contribution in [0.5, 0.6) is 5.75 Å². The topological polar surface area (TPSA) is 104 Å². The lowest BCUT2D eigenvalue weighted by atomic mass is 10.0. The summed E-state index contributed by atoms with van der Waals surface area (Å²) in [4.78, 5) is 48.0. The van der Waals surface area contributed by atoms with Crippen molar-refractivity contribution in [2.45, 2.75) is 57.0 Å². The van der Waals surface area contributed by atoms with Crippen LogP contribution < -0.4 is 15.0 Å². The van der Waals surface area contributed by atoms with Crippen molar-refractivity contribution < 1.29 is 23.9 Å². The van der Waals surface area contributed by atoms with Crippen molar-refractivity contribution in [1.29, 1.82) is 0 Å². The molecule has 0 bridgehead atoms. The zero-order chi connectivity index (χ0) is 28.8. The number of methoxy groups -OCH3 is 1. The number of piperidine rings is 1. The number of aromatic nitrogens is 1. The van der Waals surface area contributed by atoms with Crippen molar-refractivity contribution in [1.82, 2.24) is 20.1 Å². The number of hydrogen-bond acceptors (Lipinski definition) is 8. The summed E-state index contributed by atoms with van der Waals surface area (Å²) in [5.74, 6) is 0.891. The molecule has 10 nitrogen and oxygen atoms in total. The minimum Gasteiger partial charge on any atom is -0.489 e. The molecule has 7 rings (SSSR count). The molecule has 0 saturated carbocycles. The smallest absolute Gasteiger partial charge is 0.255 e. The Morgan fingerprint density at radius 1 is 0.952 bits per heavy atom. The van der Waals surface area contributed by atoms with Gasteiger partial charge in [-0.25, -0.2) is 4.98 Å². The second kappa shape index (κ2) is 11.0. The van der Waals surface area contributed by atoms with E-state index in [9.17, 15) is 14.4 Å². The third-order valence-electron chi connectivity index (χ3n) is 8.97. The van der Waals surface area contributed by atoms with Crippen molar-refractivity contribution in [3.63, 3.8) is 0 Å². The van der Waals surface area contributed by atoms with Crippen LogP contribution in [0, 0.1) is 0 Å². The fraction of sp³-hybridized carbons (Fsp3) is 0.438. The Morgan fingerprint density at radius 2 is 1.83 bits per heavy atom. The van der Waals surface area contributed by atoms with Crippen LogP contribution in [-0.4, -0.2) is 84.0 Å². The number of carbonyl (C=O) groups is 3. The largest absolute Gasteiger partial charge is 0.489 e. The number of nitrogens with one attached hydrogen (secondary N) is 1. The van der Waals surface area contributed by atoms with Crippen LogP contribution in [0.15, 0.2) is 48.5 Å². The molecule has 3 amide bonds. The summed E-state index contributed by atoms with van der Waals surface area (Å²) < 4.78 is 11.9. The average molecular weight is 570 g/mol. The lowest BCUT2D eigenvalue weighted by Crippen LogP contribution is -2.52. The molecule has 3 saturated heterocycles. The molecule has 0 radical (unpaired) electrons. The van der Waals surface area contributed by atoms with E-state index in [0.29, 0.717) is 18.5 Å². The first-order valence-electron chi connectivity index (χ1n) is 14.8. The molecule has 2 aromatic carbocycles. The lowest BCUT2D eigenvalue weighted by molar-refractivity contribution is -0.136. The summed E-state index contributed by atoms with van der Waals surface area (Å²) in [6.45, 7) is 4.82. The van der Waals surface area contributed by atoms with Gasteiger partial charge in [-0.05, 0) is 72.9 Å². The highest BCUT2D eigenvalue weighted by atomic mass is 16.5. The molecule has 1 N–H and O–H groups in total. The minimum absolute atomic E-state index is 0.0625. The van der Waals surface area contributed by atoms with E-state index in [-0.39, 0.29) is 30.4 Å². The fourth-order valence-electron chi connectivity index (χ4n) is 6.68. The quantitative estimate of drug-likeness (QED) is 0.434. The summed E-state index contributed by atoms with van der Waals surface area (Å²) >= 11 is 0. The highest BCUT2D eigenvalue weighted by Gasteiger charge is 2.39. The Labute approximate surface area is 244 Å². The van der Waals surface area contributed by atoms with Crippen molar-refractivity contribution in [3.8, 4) is 5.75 Å². The second-order valence-electron chi connectivity index (χ2n) is 11.8. The van der Waals surface area contributed by atoms with E-state index in [1.54, 1.807) is 18.1 Å². The molecule has 4 aliphatic heterocycles. The minimum atomic E-state index is -0.614. The standard InChI is InChI=1S/C32H35N5O5/c1-41-24-11-13-36(19-24)29-8-3-21-14-20(2-6-27(21)33-29)16-35-12-10-25(18-35)42-23-4-5-26-22(15-23)17-37(32(26)40)28-7-9-30(38)34-31(28)39/h2-6,8,14-15,24-25,28H,7,9-13,16-19H2,1H3,(H,34,38,39)/t24-,25+,28?/m1/s1. The van der Waals surface area contributed by atoms with Crippen molar-refractivity contribution in [2.75, 3.05) is 38.2 Å². The Morgan fingerprint density at radius 3 is 2.67 bits per heavy atom. The van der Waals surface area contributed by atoms with Gasteiger partial charge in [0.25, 0.3) is 5.91 Å². The van der Waals surface area contributed by atoms with Crippen molar-refractivity contribution in [3.05, 3.63) is 65.2 Å². The van der Waals surface area contributed by atoms with E-state index in [4.69, 9.17) is 14.5 Å². The SMILES string of the molecule is CO[C@@H]1CCN(c2ccc3cc(CN4CC[C@H](Oc5ccc6c(c5)CN(C5CCC(=O)NC5=O)C6=O)C4)ccc3n2)C1. The van der Waals surface area contributed by atoms with E-state index in [0.717, 1.165) is 73.6 Å². The molecule has 3 aromatic rings. The van der Waals surface area contributed by atoms with Gasteiger partial charge in [0.15, 0.2) is 0 Å². The summed E-state index contributed by atoms with van der Waals surface area (Å²) in [5.41, 5.74) is 3.71. The lowest BCUT2D eigenvalue weighted by Gasteiger charge is -2.29. The number of anilines is 1. The summed E-state index contributed by atoms with van der Waals surface area (Å²) in [6.07, 6.45) is 2.90. The Hall–Kier alpha value is -4.02. The van der Waals surface area contributed by atoms with Gasteiger partial charge in [0, 0.05) is 63.7 Å².